The maximum atomic E-state index is 2.49. The van der Waals surface area contributed by atoms with Crippen LogP contribution in [0.3, 0.4) is 0 Å². The Labute approximate surface area is 376 Å². The van der Waals surface area contributed by atoms with Gasteiger partial charge < -0.3 is 9.47 Å². The number of anilines is 3. The first kappa shape index (κ1) is 37.4. The molecule has 3 aliphatic carbocycles. The number of nitrogens with zero attached hydrogens (tertiary/aromatic N) is 2. The van der Waals surface area contributed by atoms with E-state index in [1.807, 2.05) is 0 Å². The fourth-order valence-corrected chi connectivity index (χ4v) is 12.4. The molecule has 3 unspecified atom stereocenters. The predicted molar refractivity (Wildman–Crippen MR) is 270 cm³/mol. The summed E-state index contributed by atoms with van der Waals surface area (Å²) in [5, 5.41) is 5.07. The summed E-state index contributed by atoms with van der Waals surface area (Å²) in [5.41, 5.74) is 18.8. The molecule has 2 heteroatoms. The predicted octanol–water partition coefficient (Wildman–Crippen LogP) is 17.0. The van der Waals surface area contributed by atoms with Gasteiger partial charge in [0.1, 0.15) is 0 Å². The molecule has 0 saturated heterocycles. The lowest BCUT2D eigenvalue weighted by Gasteiger charge is -2.28. The van der Waals surface area contributed by atoms with Gasteiger partial charge >= 0.3 is 0 Å². The number of aromatic nitrogens is 1. The van der Waals surface area contributed by atoms with E-state index in [0.717, 1.165) is 28.9 Å². The summed E-state index contributed by atoms with van der Waals surface area (Å²) in [6.45, 7) is 4.75. The molecule has 3 atom stereocenters. The molecule has 2 fully saturated rings. The molecule has 1 aromatic heterocycles. The van der Waals surface area contributed by atoms with E-state index in [-0.39, 0.29) is 5.41 Å². The number of benzene rings is 9. The normalized spacial score (nSPS) is 18.2. The molecule has 64 heavy (non-hydrogen) atoms. The van der Waals surface area contributed by atoms with Gasteiger partial charge in [-0.3, -0.25) is 0 Å². The Kier molecular flexibility index (Phi) is 8.44. The van der Waals surface area contributed by atoms with Crippen molar-refractivity contribution in [1.29, 1.82) is 0 Å². The second kappa shape index (κ2) is 14.4. The molecule has 0 aliphatic heterocycles. The third-order valence-electron chi connectivity index (χ3n) is 15.5. The maximum absolute atomic E-state index is 2.49. The van der Waals surface area contributed by atoms with Crippen molar-refractivity contribution in [2.24, 2.45) is 11.8 Å². The van der Waals surface area contributed by atoms with E-state index in [1.54, 1.807) is 0 Å². The van der Waals surface area contributed by atoms with Gasteiger partial charge in [-0.05, 0) is 152 Å². The van der Waals surface area contributed by atoms with E-state index in [9.17, 15) is 0 Å². The minimum absolute atomic E-state index is 0.122. The Morgan fingerprint density at radius 1 is 0.469 bits per heavy atom. The second-order valence-electron chi connectivity index (χ2n) is 19.3. The summed E-state index contributed by atoms with van der Waals surface area (Å²) >= 11 is 0. The minimum atomic E-state index is -0.122. The van der Waals surface area contributed by atoms with Crippen molar-refractivity contribution in [3.05, 3.63) is 217 Å². The number of fused-ring (bicyclic) bond motifs is 9. The maximum Gasteiger partial charge on any atom is 0.0561 e. The highest BCUT2D eigenvalue weighted by atomic mass is 15.1. The molecule has 2 nitrogen and oxygen atoms in total. The number of rotatable bonds is 7. The van der Waals surface area contributed by atoms with Gasteiger partial charge in [-0.1, -0.05) is 166 Å². The van der Waals surface area contributed by atoms with Crippen LogP contribution in [0.25, 0.3) is 71.6 Å². The van der Waals surface area contributed by atoms with Crippen molar-refractivity contribution in [2.45, 2.75) is 50.9 Å². The first-order valence-electron chi connectivity index (χ1n) is 23.3. The highest BCUT2D eigenvalue weighted by molar-refractivity contribution is 6.11. The van der Waals surface area contributed by atoms with Crippen molar-refractivity contribution in [2.75, 3.05) is 4.90 Å². The number of hydrogen-bond acceptors (Lipinski definition) is 1. The summed E-state index contributed by atoms with van der Waals surface area (Å²) in [4.78, 5) is 2.47. The first-order chi connectivity index (χ1) is 31.5. The van der Waals surface area contributed by atoms with Gasteiger partial charge in [0.05, 0.1) is 11.0 Å². The second-order valence-corrected chi connectivity index (χ2v) is 19.3. The molecule has 308 valence electrons. The largest absolute Gasteiger partial charge is 0.310 e. The zero-order valence-electron chi connectivity index (χ0n) is 36.5. The van der Waals surface area contributed by atoms with Gasteiger partial charge in [-0.25, -0.2) is 0 Å². The van der Waals surface area contributed by atoms with Crippen LogP contribution in [-0.4, -0.2) is 4.57 Å². The van der Waals surface area contributed by atoms with Gasteiger partial charge in [0.2, 0.25) is 0 Å². The van der Waals surface area contributed by atoms with Crippen LogP contribution >= 0.6 is 0 Å². The summed E-state index contributed by atoms with van der Waals surface area (Å²) in [6.07, 6.45) is 5.62. The van der Waals surface area contributed by atoms with E-state index in [4.69, 9.17) is 0 Å². The average molecular weight is 823 g/mol. The van der Waals surface area contributed by atoms with Crippen molar-refractivity contribution in [3.63, 3.8) is 0 Å². The van der Waals surface area contributed by atoms with E-state index < -0.39 is 0 Å². The first-order valence-corrected chi connectivity index (χ1v) is 23.3. The summed E-state index contributed by atoms with van der Waals surface area (Å²) in [6, 6.07) is 75.2. The third-order valence-corrected chi connectivity index (χ3v) is 15.5. The van der Waals surface area contributed by atoms with Crippen molar-refractivity contribution in [3.8, 4) is 39.1 Å². The zero-order chi connectivity index (χ0) is 42.5. The topological polar surface area (TPSA) is 8.17 Å². The molecule has 0 radical (unpaired) electrons. The average Bonchev–Trinajstić information content (AvgIpc) is 4.12. The molecule has 9 aromatic carbocycles. The van der Waals surface area contributed by atoms with Crippen LogP contribution in [0.5, 0.6) is 0 Å². The van der Waals surface area contributed by atoms with Gasteiger partial charge in [0.25, 0.3) is 0 Å². The SMILES string of the molecule is CC1(C)c2ccccc2-c2ccc(N(c3ccc(-c4cccc5cccc(-c6ccccc6)c45)cc3)c3ccc4c5ccccc5n(-c5ccc(C6CC7CCC6C7)cc5)c4c3)cc21. The standard InChI is InChI=1S/C62H50N2/c1-62(2)57-20-8-6-16-52(57)53-34-32-48(38-58(53)62)63(46-28-24-42(25-29-46)51-19-11-15-44-14-10-18-50(61(44)51)41-12-4-3-5-13-41)49-33-35-55-54-17-7-9-21-59(54)64(60(55)39-49)47-30-26-43(27-31-47)56-37-40-22-23-45(56)36-40/h3-21,24-35,38-40,45,56H,22-23,36-37H2,1-2H3. The lowest BCUT2D eigenvalue weighted by molar-refractivity contribution is 0.420. The molecule has 10 aromatic rings. The van der Waals surface area contributed by atoms with E-state index in [1.165, 1.54) is 114 Å². The van der Waals surface area contributed by atoms with Crippen LogP contribution in [0.15, 0.2) is 200 Å². The monoisotopic (exact) mass is 822 g/mol. The van der Waals surface area contributed by atoms with Crippen LogP contribution in [-0.2, 0) is 5.41 Å². The lowest BCUT2D eigenvalue weighted by Crippen LogP contribution is -2.16. The van der Waals surface area contributed by atoms with Crippen LogP contribution in [0.2, 0.25) is 0 Å². The minimum Gasteiger partial charge on any atom is -0.310 e. The molecule has 2 saturated carbocycles. The van der Waals surface area contributed by atoms with E-state index in [2.05, 4.69) is 224 Å². The smallest absolute Gasteiger partial charge is 0.0561 e. The molecule has 13 rings (SSSR count). The van der Waals surface area contributed by atoms with Crippen LogP contribution in [0.1, 0.15) is 62.1 Å². The highest BCUT2D eigenvalue weighted by Crippen LogP contribution is 2.54. The van der Waals surface area contributed by atoms with Gasteiger partial charge in [0, 0.05) is 38.9 Å². The lowest BCUT2D eigenvalue weighted by atomic mass is 9.82. The Morgan fingerprint density at radius 2 is 1.11 bits per heavy atom. The number of hydrogen-bond donors (Lipinski definition) is 0. The van der Waals surface area contributed by atoms with Gasteiger partial charge in [-0.15, -0.1) is 0 Å². The third kappa shape index (κ3) is 5.78. The zero-order valence-corrected chi connectivity index (χ0v) is 36.5. The quantitative estimate of drug-likeness (QED) is 0.155. The molecule has 0 amide bonds. The Balaban J connectivity index is 0.970. The summed E-state index contributed by atoms with van der Waals surface area (Å²) in [5.74, 6) is 2.51. The molecular formula is C62H50N2. The van der Waals surface area contributed by atoms with Crippen LogP contribution in [0.4, 0.5) is 17.1 Å². The van der Waals surface area contributed by atoms with E-state index >= 15 is 0 Å². The Bertz CT molecular complexity index is 3420. The van der Waals surface area contributed by atoms with Crippen LogP contribution < -0.4 is 4.90 Å². The van der Waals surface area contributed by atoms with Crippen molar-refractivity contribution < 1.29 is 0 Å². The molecular weight excluding hydrogens is 773 g/mol. The molecule has 1 heterocycles. The van der Waals surface area contributed by atoms with E-state index in [0.29, 0.717) is 5.92 Å². The summed E-state index contributed by atoms with van der Waals surface area (Å²) in [7, 11) is 0. The molecule has 3 aliphatic rings. The number of para-hydroxylation sites is 1. The summed E-state index contributed by atoms with van der Waals surface area (Å²) < 4.78 is 2.49. The van der Waals surface area contributed by atoms with Crippen molar-refractivity contribution >= 4 is 49.6 Å². The van der Waals surface area contributed by atoms with Gasteiger partial charge in [-0.2, -0.15) is 0 Å². The highest BCUT2D eigenvalue weighted by Gasteiger charge is 2.40. The Morgan fingerprint density at radius 3 is 1.88 bits per heavy atom. The molecule has 0 spiro atoms. The van der Waals surface area contributed by atoms with Crippen LogP contribution in [0, 0.1) is 11.8 Å². The van der Waals surface area contributed by atoms with Crippen molar-refractivity contribution in [1.82, 2.24) is 4.57 Å². The molecule has 2 bridgehead atoms. The fourth-order valence-electron chi connectivity index (χ4n) is 12.4. The Hall–Kier alpha value is -7.16. The molecule has 0 N–H and O–H groups in total. The van der Waals surface area contributed by atoms with Gasteiger partial charge in [0.15, 0.2) is 0 Å². The fraction of sp³-hybridized carbons (Fsp3) is 0.161.